The summed E-state index contributed by atoms with van der Waals surface area (Å²) in [6.07, 6.45) is -3.83. The summed E-state index contributed by atoms with van der Waals surface area (Å²) in [5.41, 5.74) is 2.36. The van der Waals surface area contributed by atoms with Gasteiger partial charge in [-0.05, 0) is 48.5 Å². The summed E-state index contributed by atoms with van der Waals surface area (Å²) in [6.45, 7) is 2.04. The van der Waals surface area contributed by atoms with Gasteiger partial charge in [-0.1, -0.05) is 25.1 Å². The van der Waals surface area contributed by atoms with Gasteiger partial charge in [0, 0.05) is 17.4 Å². The first-order valence-corrected chi connectivity index (χ1v) is 7.29. The molecule has 0 spiro atoms. The van der Waals surface area contributed by atoms with E-state index in [1.165, 1.54) is 18.2 Å². The van der Waals surface area contributed by atoms with Crippen LogP contribution in [0.3, 0.4) is 0 Å². The maximum atomic E-state index is 12.2. The van der Waals surface area contributed by atoms with E-state index in [-0.39, 0.29) is 10.9 Å². The second-order valence-electron chi connectivity index (χ2n) is 4.71. The van der Waals surface area contributed by atoms with Crippen LogP contribution in [0.25, 0.3) is 0 Å². The number of hydrogen-bond donors (Lipinski definition) is 2. The fourth-order valence-electron chi connectivity index (χ4n) is 1.93. The number of alkyl halides is 3. The fourth-order valence-corrected chi connectivity index (χ4v) is 2.17. The zero-order chi connectivity index (χ0) is 16.9. The summed E-state index contributed by atoms with van der Waals surface area (Å²) in [6, 6.07) is 13.2. The van der Waals surface area contributed by atoms with Crippen LogP contribution in [0.2, 0.25) is 0 Å². The van der Waals surface area contributed by atoms with Crippen molar-refractivity contribution >= 4 is 28.7 Å². The van der Waals surface area contributed by atoms with Crippen molar-refractivity contribution in [1.29, 1.82) is 0 Å². The normalized spacial score (nSPS) is 11.0. The van der Waals surface area contributed by atoms with Crippen LogP contribution in [-0.2, 0) is 6.42 Å². The van der Waals surface area contributed by atoms with Gasteiger partial charge in [-0.2, -0.15) is 0 Å². The van der Waals surface area contributed by atoms with Crippen molar-refractivity contribution in [3.63, 3.8) is 0 Å². The van der Waals surface area contributed by atoms with E-state index in [9.17, 15) is 13.2 Å². The minimum absolute atomic E-state index is 0.280. The molecule has 0 aromatic heterocycles. The van der Waals surface area contributed by atoms with E-state index in [2.05, 4.69) is 15.4 Å². The maximum absolute atomic E-state index is 12.2. The lowest BCUT2D eigenvalue weighted by Gasteiger charge is -2.13. The quantitative estimate of drug-likeness (QED) is 0.771. The number of halogens is 3. The van der Waals surface area contributed by atoms with Crippen molar-refractivity contribution in [2.45, 2.75) is 19.7 Å². The number of rotatable bonds is 4. The van der Waals surface area contributed by atoms with E-state index in [1.54, 1.807) is 6.07 Å². The van der Waals surface area contributed by atoms with Crippen LogP contribution in [0.5, 0.6) is 5.75 Å². The first-order valence-electron chi connectivity index (χ1n) is 6.88. The van der Waals surface area contributed by atoms with Gasteiger partial charge in [0.05, 0.1) is 0 Å². The van der Waals surface area contributed by atoms with Crippen LogP contribution in [-0.4, -0.2) is 11.5 Å². The third-order valence-corrected chi connectivity index (χ3v) is 3.12. The van der Waals surface area contributed by atoms with Gasteiger partial charge in [-0.3, -0.25) is 0 Å². The van der Waals surface area contributed by atoms with Gasteiger partial charge >= 0.3 is 6.36 Å². The molecule has 0 aliphatic rings. The Hall–Kier alpha value is -2.28. The summed E-state index contributed by atoms with van der Waals surface area (Å²) < 4.78 is 40.5. The van der Waals surface area contributed by atoms with Crippen LogP contribution in [0.1, 0.15) is 12.5 Å². The Morgan fingerprint density at radius 3 is 2.26 bits per heavy atom. The average molecular weight is 340 g/mol. The molecular weight excluding hydrogens is 325 g/mol. The largest absolute Gasteiger partial charge is 0.573 e. The van der Waals surface area contributed by atoms with E-state index < -0.39 is 6.36 Å². The number of thiocarbonyl (C=S) groups is 1. The van der Waals surface area contributed by atoms with E-state index in [0.717, 1.165) is 17.7 Å². The van der Waals surface area contributed by atoms with Crippen molar-refractivity contribution in [2.24, 2.45) is 0 Å². The number of ether oxygens (including phenoxy) is 1. The standard InChI is InChI=1S/C16H15F3N2OS/c1-2-11-5-3-6-12(9-11)20-15(23)21-13-7-4-8-14(10-13)22-16(17,18)19/h3-10H,2H2,1H3,(H2,20,21,23). The summed E-state index contributed by atoms with van der Waals surface area (Å²) in [5, 5.41) is 6.10. The zero-order valence-electron chi connectivity index (χ0n) is 12.3. The number of anilines is 2. The molecule has 0 heterocycles. The van der Waals surface area contributed by atoms with Gasteiger partial charge in [-0.25, -0.2) is 0 Å². The molecule has 2 N–H and O–H groups in total. The van der Waals surface area contributed by atoms with Gasteiger partial charge in [0.2, 0.25) is 0 Å². The molecule has 0 aliphatic carbocycles. The monoisotopic (exact) mass is 340 g/mol. The smallest absolute Gasteiger partial charge is 0.406 e. The molecule has 0 saturated heterocycles. The van der Waals surface area contributed by atoms with E-state index in [4.69, 9.17) is 12.2 Å². The van der Waals surface area contributed by atoms with Crippen molar-refractivity contribution < 1.29 is 17.9 Å². The molecule has 0 amide bonds. The van der Waals surface area contributed by atoms with Gasteiger partial charge in [-0.15, -0.1) is 13.2 Å². The molecule has 2 aromatic carbocycles. The lowest BCUT2D eigenvalue weighted by molar-refractivity contribution is -0.274. The van der Waals surface area contributed by atoms with E-state index in [0.29, 0.717) is 5.69 Å². The average Bonchev–Trinajstić information content (AvgIpc) is 2.45. The van der Waals surface area contributed by atoms with Crippen molar-refractivity contribution in [3.8, 4) is 5.75 Å². The van der Waals surface area contributed by atoms with Gasteiger partial charge < -0.3 is 15.4 Å². The van der Waals surface area contributed by atoms with Crippen molar-refractivity contribution in [1.82, 2.24) is 0 Å². The Bertz CT molecular complexity index is 689. The highest BCUT2D eigenvalue weighted by molar-refractivity contribution is 7.80. The number of aryl methyl sites for hydroxylation is 1. The SMILES string of the molecule is CCc1cccc(NC(=S)Nc2cccc(OC(F)(F)F)c2)c1. The Morgan fingerprint density at radius 1 is 1.04 bits per heavy atom. The lowest BCUT2D eigenvalue weighted by Crippen LogP contribution is -2.20. The Labute approximate surface area is 137 Å². The summed E-state index contributed by atoms with van der Waals surface area (Å²) >= 11 is 5.17. The molecule has 0 aliphatic heterocycles. The molecule has 0 atom stereocenters. The second-order valence-corrected chi connectivity index (χ2v) is 5.12. The second kappa shape index (κ2) is 7.32. The van der Waals surface area contributed by atoms with Gasteiger partial charge in [0.25, 0.3) is 0 Å². The fraction of sp³-hybridized carbons (Fsp3) is 0.188. The van der Waals surface area contributed by atoms with Crippen LogP contribution in [0, 0.1) is 0 Å². The molecule has 122 valence electrons. The predicted octanol–water partition coefficient (Wildman–Crippen LogP) is 4.96. The summed E-state index contributed by atoms with van der Waals surface area (Å²) in [4.78, 5) is 0. The third-order valence-electron chi connectivity index (χ3n) is 2.92. The predicted molar refractivity (Wildman–Crippen MR) is 88.8 cm³/mol. The first kappa shape index (κ1) is 17.1. The Balaban J connectivity index is 2.01. The van der Waals surface area contributed by atoms with Gasteiger partial charge in [0.1, 0.15) is 5.75 Å². The Kier molecular flexibility index (Phi) is 5.44. The van der Waals surface area contributed by atoms with E-state index >= 15 is 0 Å². The highest BCUT2D eigenvalue weighted by Gasteiger charge is 2.31. The molecule has 2 aromatic rings. The minimum Gasteiger partial charge on any atom is -0.406 e. The summed E-state index contributed by atoms with van der Waals surface area (Å²) in [5.74, 6) is -0.307. The molecule has 7 heteroatoms. The number of hydrogen-bond acceptors (Lipinski definition) is 2. The summed E-state index contributed by atoms with van der Waals surface area (Å²) in [7, 11) is 0. The molecule has 0 unspecified atom stereocenters. The number of benzene rings is 2. The highest BCUT2D eigenvalue weighted by Crippen LogP contribution is 2.25. The number of nitrogens with one attached hydrogen (secondary N) is 2. The molecular formula is C16H15F3N2OS. The first-order chi connectivity index (χ1) is 10.9. The Morgan fingerprint density at radius 2 is 1.65 bits per heavy atom. The molecule has 0 fully saturated rings. The molecule has 2 rings (SSSR count). The zero-order valence-corrected chi connectivity index (χ0v) is 13.1. The highest BCUT2D eigenvalue weighted by atomic mass is 32.1. The van der Waals surface area contributed by atoms with Crippen LogP contribution < -0.4 is 15.4 Å². The molecule has 0 radical (unpaired) electrons. The topological polar surface area (TPSA) is 33.3 Å². The molecule has 3 nitrogen and oxygen atoms in total. The van der Waals surface area contributed by atoms with Crippen LogP contribution >= 0.6 is 12.2 Å². The molecule has 0 saturated carbocycles. The van der Waals surface area contributed by atoms with Crippen LogP contribution in [0.4, 0.5) is 24.5 Å². The maximum Gasteiger partial charge on any atom is 0.573 e. The van der Waals surface area contributed by atoms with E-state index in [1.807, 2.05) is 31.2 Å². The van der Waals surface area contributed by atoms with Crippen molar-refractivity contribution in [2.75, 3.05) is 10.6 Å². The molecule has 0 bridgehead atoms. The van der Waals surface area contributed by atoms with Crippen LogP contribution in [0.15, 0.2) is 48.5 Å². The minimum atomic E-state index is -4.72. The van der Waals surface area contributed by atoms with Gasteiger partial charge in [0.15, 0.2) is 5.11 Å². The lowest BCUT2D eigenvalue weighted by atomic mass is 10.1. The van der Waals surface area contributed by atoms with Crippen molar-refractivity contribution in [3.05, 3.63) is 54.1 Å². The third kappa shape index (κ3) is 5.78. The molecule has 23 heavy (non-hydrogen) atoms.